The molecule has 512 valence electrons. The molecule has 15 rings (SSSR count). The number of carbonyl (C=O) groups excluding carboxylic acids is 1. The molecule has 26 atom stereocenters. The van der Waals surface area contributed by atoms with Crippen LogP contribution in [0.1, 0.15) is 184 Å². The average molecular weight is 1290 g/mol. The summed E-state index contributed by atoms with van der Waals surface area (Å²) in [5.41, 5.74) is -1.03. The van der Waals surface area contributed by atoms with Crippen LogP contribution < -0.4 is 4.74 Å². The Morgan fingerprint density at radius 2 is 1.38 bits per heavy atom. The van der Waals surface area contributed by atoms with E-state index in [9.17, 15) is 70.2 Å². The zero-order valence-electron chi connectivity index (χ0n) is 55.9. The van der Waals surface area contributed by atoms with Gasteiger partial charge in [-0.1, -0.05) is 74.0 Å². The van der Waals surface area contributed by atoms with E-state index in [0.29, 0.717) is 37.5 Å². The van der Waals surface area contributed by atoms with Gasteiger partial charge in [-0.05, 0) is 191 Å². The summed E-state index contributed by atoms with van der Waals surface area (Å²) in [5.74, 6) is -2.67. The van der Waals surface area contributed by atoms with E-state index in [2.05, 4.69) is 59.4 Å². The number of carboxylic acids is 3. The number of nitrogens with zero attached hydrogens (tertiary/aromatic N) is 1. The minimum Gasteiger partial charge on any atom is -0.504 e. The summed E-state index contributed by atoms with van der Waals surface area (Å²) < 4.78 is 36.8. The first-order chi connectivity index (χ1) is 42.8. The Kier molecular flexibility index (Phi) is 15.7. The van der Waals surface area contributed by atoms with Gasteiger partial charge in [0.15, 0.2) is 42.1 Å². The Morgan fingerprint density at radius 3 is 2.01 bits per heavy atom. The van der Waals surface area contributed by atoms with Crippen molar-refractivity contribution in [3.05, 3.63) is 34.9 Å². The van der Waals surface area contributed by atoms with Gasteiger partial charge in [0.05, 0.1) is 17.1 Å². The van der Waals surface area contributed by atoms with E-state index in [1.807, 2.05) is 46.9 Å². The molecule has 92 heavy (non-hydrogen) atoms. The van der Waals surface area contributed by atoms with E-state index in [-0.39, 0.29) is 68.4 Å². The number of phenols is 1. The van der Waals surface area contributed by atoms with Gasteiger partial charge >= 0.3 is 17.9 Å². The van der Waals surface area contributed by atoms with E-state index >= 15 is 0 Å². The lowest BCUT2D eigenvalue weighted by molar-refractivity contribution is -0.371. The molecular formula is C71H103NO20. The van der Waals surface area contributed by atoms with Crippen molar-refractivity contribution in [3.63, 3.8) is 0 Å². The van der Waals surface area contributed by atoms with Gasteiger partial charge in [-0.3, -0.25) is 14.5 Å². The number of aliphatic hydroxyl groups excluding tert-OH is 5. The van der Waals surface area contributed by atoms with Crippen LogP contribution in [0.2, 0.25) is 0 Å². The van der Waals surface area contributed by atoms with Gasteiger partial charge in [0, 0.05) is 47.9 Å². The van der Waals surface area contributed by atoms with Crippen LogP contribution in [0.15, 0.2) is 23.8 Å². The van der Waals surface area contributed by atoms with Crippen LogP contribution in [0.3, 0.4) is 0 Å². The molecule has 21 heteroatoms. The minimum absolute atomic E-state index is 0.0217. The summed E-state index contributed by atoms with van der Waals surface area (Å²) in [7, 11) is 1.83. The number of carboxylic acid groups (broad SMARTS) is 3. The number of methoxy groups -OCH3 is 1. The van der Waals surface area contributed by atoms with Crippen molar-refractivity contribution < 1.29 is 98.7 Å². The largest absolute Gasteiger partial charge is 0.504 e. The van der Waals surface area contributed by atoms with E-state index < -0.39 is 118 Å². The number of phenolic OH excluding ortho intramolecular Hbond substituents is 1. The predicted molar refractivity (Wildman–Crippen MR) is 330 cm³/mol. The van der Waals surface area contributed by atoms with Crippen LogP contribution in [-0.2, 0) is 54.7 Å². The number of hydrogen-bond acceptors (Lipinski definition) is 18. The predicted octanol–water partition coefficient (Wildman–Crippen LogP) is 6.66. The number of fused-ring (bicyclic) bond motifs is 9. The summed E-state index contributed by atoms with van der Waals surface area (Å²) >= 11 is 0. The molecule has 4 bridgehead atoms. The number of aliphatic hydroxyl groups is 6. The molecule has 0 aromatic heterocycles. The highest BCUT2D eigenvalue weighted by Crippen LogP contribution is 2.79. The van der Waals surface area contributed by atoms with Gasteiger partial charge < -0.3 is 79.5 Å². The number of hydrogen-bond donors (Lipinski definition) is 10. The lowest BCUT2D eigenvalue weighted by Gasteiger charge is -2.75. The minimum atomic E-state index is -2.05. The van der Waals surface area contributed by atoms with Crippen molar-refractivity contribution >= 4 is 23.7 Å². The molecule has 1 aromatic rings. The van der Waals surface area contributed by atoms with Gasteiger partial charge in [0.2, 0.25) is 0 Å². The lowest BCUT2D eigenvalue weighted by Crippen LogP contribution is -2.83. The highest BCUT2D eigenvalue weighted by molar-refractivity contribution is 5.96. The third kappa shape index (κ3) is 9.02. The van der Waals surface area contributed by atoms with Crippen LogP contribution in [-0.4, -0.2) is 191 Å². The normalized spacial score (nSPS) is 49.3. The highest BCUT2D eigenvalue weighted by atomic mass is 16.8. The van der Waals surface area contributed by atoms with Crippen LogP contribution in [0.25, 0.3) is 0 Å². The van der Waals surface area contributed by atoms with Gasteiger partial charge in [-0.25, -0.2) is 9.59 Å². The fourth-order valence-corrected chi connectivity index (χ4v) is 22.9. The Bertz CT molecular complexity index is 3190. The van der Waals surface area contributed by atoms with E-state index in [4.69, 9.17) is 28.4 Å². The number of piperidine rings is 1. The molecular weight excluding hydrogens is 1190 g/mol. The number of ketones is 1. The van der Waals surface area contributed by atoms with Gasteiger partial charge in [-0.15, -0.1) is 0 Å². The molecule has 0 amide bonds. The molecule has 1 aromatic carbocycles. The highest BCUT2D eigenvalue weighted by Gasteiger charge is 2.83. The molecule has 0 unspecified atom stereocenters. The molecule has 14 aliphatic rings. The molecule has 11 fully saturated rings. The number of carbonyl (C=O) groups is 4. The monoisotopic (exact) mass is 1290 g/mol. The average Bonchev–Trinajstić information content (AvgIpc) is 1.29. The van der Waals surface area contributed by atoms with E-state index in [0.717, 1.165) is 82.2 Å². The van der Waals surface area contributed by atoms with Crippen molar-refractivity contribution in [1.29, 1.82) is 0 Å². The van der Waals surface area contributed by atoms with Gasteiger partial charge in [0.1, 0.15) is 48.3 Å². The van der Waals surface area contributed by atoms with Gasteiger partial charge in [0.25, 0.3) is 0 Å². The number of aliphatic carboxylic acids is 3. The zero-order chi connectivity index (χ0) is 66.8. The lowest BCUT2D eigenvalue weighted by atomic mass is 9.33. The smallest absolute Gasteiger partial charge is 0.335 e. The fourth-order valence-electron chi connectivity index (χ4n) is 22.9. The Labute approximate surface area is 539 Å². The first-order valence-corrected chi connectivity index (χ1v) is 34.3. The standard InChI is InChI=1S/C42H62O16.C29H41NO4/c1-37(2)21-8-11-42(7)31(20(43)16-18-19-17-39(4,36(53)54)13-12-38(19,3)14-15-41(18,42)6)40(21,5)10-9-22(37)55-35-30(26(47)25(46)29(57-35)33(51)52)58-34-27(48)23(44)24(45)28(56-34)32(49)50;1-25(2,3)26(4,32)20-15-27-10-11-29(20,33-5)24-28(27)12-13-30(16-17-6-7-17)21(27)14-18-8-9-19(31)23(34-24)22(18)28/h16,19,21-31,34-35,44-48H,8-15,17H2,1-7H3,(H,49,50)(H,51,52)(H,53,54);8-9,17,20-21,24,31-32H,6-7,10-16H2,1-5H3/t19-,21-,22-,23-,24-,25-,26-,27+,28-,29-,30+,31+,34-,35-,38+,39-,40-,41+,42+;20-,21-,24-,26+,27-,28+,29-/m01/s1. The Balaban J connectivity index is 0.000000191. The molecule has 4 aliphatic heterocycles. The fraction of sp³-hybridized carbons (Fsp3) is 0.831. The first kappa shape index (κ1) is 66.8. The summed E-state index contributed by atoms with van der Waals surface area (Å²) in [4.78, 5) is 54.1. The molecule has 4 heterocycles. The number of rotatable bonds is 11. The second-order valence-corrected chi connectivity index (χ2v) is 34.4. The molecule has 21 nitrogen and oxygen atoms in total. The SMILES string of the molecule is CC1(C)[C@@H](O[C@H]2O[C@H](C(=O)O)[C@@H](O)[C@H](O)[C@H]2O[C@@H]2O[C@H](C(=O)O)[C@@H](O)[C@H](O)[C@H]2O)CC[C@]2(C)[C@H]3C(=O)C=C4[C@@H]5C[C@@](C)(C(=O)O)CC[C@]5(C)CC[C@@]4(C)[C@]3(C)CC[C@@H]12.CO[C@]12CC[C@@]3(C[C@@H]1[C@](C)(O)C(C)(C)C)[C@H]1Cc4ccc(O)c5c4[C@@]3(CCN1CC1CC1)[C@H]2O5. The Morgan fingerprint density at radius 1 is 0.728 bits per heavy atom. The first-order valence-electron chi connectivity index (χ1n) is 34.3. The second kappa shape index (κ2) is 21.6. The molecule has 10 aliphatic carbocycles. The summed E-state index contributed by atoms with van der Waals surface area (Å²) in [6.07, 6.45) is -4.61. The maximum absolute atomic E-state index is 14.8. The Hall–Kier alpha value is -3.84. The summed E-state index contributed by atoms with van der Waals surface area (Å²) in [6.45, 7) is 25.7. The zero-order valence-corrected chi connectivity index (χ0v) is 55.9. The number of likely N-dealkylation sites (tertiary alicyclic amines) is 1. The third-order valence-corrected chi connectivity index (χ3v) is 29.1. The van der Waals surface area contributed by atoms with Gasteiger partial charge in [-0.2, -0.15) is 0 Å². The molecule has 10 N–H and O–H groups in total. The van der Waals surface area contributed by atoms with Crippen LogP contribution in [0.5, 0.6) is 11.5 Å². The second-order valence-electron chi connectivity index (χ2n) is 34.4. The van der Waals surface area contributed by atoms with Crippen molar-refractivity contribution in [1.82, 2.24) is 4.90 Å². The molecule has 3 saturated heterocycles. The van der Waals surface area contributed by atoms with Crippen molar-refractivity contribution in [2.45, 2.75) is 275 Å². The molecule has 2 spiro atoms. The topological polar surface area (TPSA) is 329 Å². The quantitative estimate of drug-likeness (QED) is 0.104. The van der Waals surface area contributed by atoms with Crippen molar-refractivity contribution in [2.24, 2.45) is 72.9 Å². The molecule has 0 radical (unpaired) electrons. The summed E-state index contributed by atoms with van der Waals surface area (Å²) in [5, 5.41) is 106. The number of ether oxygens (including phenoxy) is 6. The van der Waals surface area contributed by atoms with Crippen LogP contribution >= 0.6 is 0 Å². The summed E-state index contributed by atoms with van der Waals surface area (Å²) in [6, 6.07) is 4.46. The van der Waals surface area contributed by atoms with Crippen molar-refractivity contribution in [2.75, 3.05) is 20.2 Å². The van der Waals surface area contributed by atoms with E-state index in [1.165, 1.54) is 30.5 Å². The maximum atomic E-state index is 14.8. The van der Waals surface area contributed by atoms with Crippen LogP contribution in [0, 0.1) is 72.9 Å². The number of allylic oxidation sites excluding steroid dienone is 2. The van der Waals surface area contributed by atoms with E-state index in [1.54, 1.807) is 0 Å². The number of benzene rings is 1. The maximum Gasteiger partial charge on any atom is 0.335 e. The van der Waals surface area contributed by atoms with Crippen molar-refractivity contribution in [3.8, 4) is 11.5 Å². The van der Waals surface area contributed by atoms with Crippen LogP contribution in [0.4, 0.5) is 0 Å². The number of aromatic hydroxyl groups is 1. The molecule has 8 saturated carbocycles. The third-order valence-electron chi connectivity index (χ3n) is 29.1.